The quantitative estimate of drug-likeness (QED) is 0.903. The maximum absolute atomic E-state index is 11.0. The molecule has 0 unspecified atom stereocenters. The maximum Gasteiger partial charge on any atom is 0.120 e. The van der Waals surface area contributed by atoms with E-state index in [1.807, 2.05) is 24.3 Å². The summed E-state index contributed by atoms with van der Waals surface area (Å²) in [5.41, 5.74) is 0.334. The number of hydrogen-bond acceptors (Lipinski definition) is 3. The third-order valence-corrected chi connectivity index (χ3v) is 4.51. The van der Waals surface area contributed by atoms with Crippen LogP contribution in [0.2, 0.25) is 0 Å². The molecule has 1 N–H and O–H groups in total. The third-order valence-electron chi connectivity index (χ3n) is 4.51. The molecular formula is C18H27NO2. The highest BCUT2D eigenvalue weighted by atomic mass is 16.5. The van der Waals surface area contributed by atoms with E-state index in [0.29, 0.717) is 12.0 Å². The van der Waals surface area contributed by atoms with Crippen molar-refractivity contribution in [1.29, 1.82) is 0 Å². The number of hydrogen-bond donors (Lipinski definition) is 1. The Hall–Kier alpha value is -1.06. The molecule has 1 aliphatic heterocycles. The van der Waals surface area contributed by atoms with Crippen molar-refractivity contribution in [2.75, 3.05) is 19.6 Å². The summed E-state index contributed by atoms with van der Waals surface area (Å²) in [5.74, 6) is 1.60. The van der Waals surface area contributed by atoms with E-state index in [4.69, 9.17) is 4.74 Å². The number of benzene rings is 1. The lowest BCUT2D eigenvalue weighted by molar-refractivity contribution is -0.0281. The van der Waals surface area contributed by atoms with Gasteiger partial charge in [0, 0.05) is 19.6 Å². The number of rotatable bonds is 5. The molecule has 1 aromatic rings. The largest absolute Gasteiger partial charge is 0.490 e. The van der Waals surface area contributed by atoms with E-state index in [0.717, 1.165) is 43.8 Å². The summed E-state index contributed by atoms with van der Waals surface area (Å²) in [6, 6.07) is 8.08. The molecule has 21 heavy (non-hydrogen) atoms. The minimum absolute atomic E-state index is 0.405. The number of piperidine rings is 1. The molecule has 3 heteroatoms. The summed E-state index contributed by atoms with van der Waals surface area (Å²) in [5, 5.41) is 11.0. The summed E-state index contributed by atoms with van der Waals surface area (Å²) in [6.45, 7) is 7.57. The van der Waals surface area contributed by atoms with E-state index in [2.05, 4.69) is 18.7 Å². The van der Waals surface area contributed by atoms with Gasteiger partial charge in [-0.1, -0.05) is 26.0 Å². The highest BCUT2D eigenvalue weighted by Gasteiger charge is 2.34. The van der Waals surface area contributed by atoms with Crippen LogP contribution >= 0.6 is 0 Å². The molecule has 116 valence electrons. The Labute approximate surface area is 127 Å². The van der Waals surface area contributed by atoms with Crippen molar-refractivity contribution < 1.29 is 9.84 Å². The third kappa shape index (κ3) is 3.78. The molecule has 0 atom stereocenters. The van der Waals surface area contributed by atoms with Crippen LogP contribution in [0, 0.1) is 5.92 Å². The smallest absolute Gasteiger partial charge is 0.120 e. The number of aliphatic hydroxyl groups is 1. The second kappa shape index (κ2) is 5.98. The van der Waals surface area contributed by atoms with Gasteiger partial charge < -0.3 is 14.7 Å². The summed E-state index contributed by atoms with van der Waals surface area (Å²) >= 11 is 0. The van der Waals surface area contributed by atoms with E-state index >= 15 is 0 Å². The standard InChI is InChI=1S/C18H27NO2/c1-14(2)13-19-10-8-18(20,9-11-19)15-4-3-5-17(12-15)21-16-6-7-16/h3-5,12,14,16,20H,6-11,13H2,1-2H3. The summed E-state index contributed by atoms with van der Waals surface area (Å²) in [4.78, 5) is 2.46. The SMILES string of the molecule is CC(C)CN1CCC(O)(c2cccc(OC3CC3)c2)CC1. The minimum atomic E-state index is -0.684. The first-order chi connectivity index (χ1) is 10.0. The zero-order valence-corrected chi connectivity index (χ0v) is 13.2. The Morgan fingerprint density at radius 2 is 2.00 bits per heavy atom. The van der Waals surface area contributed by atoms with Gasteiger partial charge in [0.1, 0.15) is 5.75 Å². The summed E-state index contributed by atoms with van der Waals surface area (Å²) in [7, 11) is 0. The van der Waals surface area contributed by atoms with Gasteiger partial charge in [-0.2, -0.15) is 0 Å². The lowest BCUT2D eigenvalue weighted by atomic mass is 9.84. The second-order valence-corrected chi connectivity index (χ2v) is 7.07. The number of ether oxygens (including phenoxy) is 1. The van der Waals surface area contributed by atoms with Crippen molar-refractivity contribution in [3.63, 3.8) is 0 Å². The van der Waals surface area contributed by atoms with Gasteiger partial charge in [0.25, 0.3) is 0 Å². The molecule has 0 spiro atoms. The van der Waals surface area contributed by atoms with Crippen LogP contribution in [0.1, 0.15) is 45.1 Å². The van der Waals surface area contributed by atoms with Gasteiger partial charge in [-0.25, -0.2) is 0 Å². The Bertz CT molecular complexity index is 474. The van der Waals surface area contributed by atoms with Crippen molar-refractivity contribution in [1.82, 2.24) is 4.90 Å². The van der Waals surface area contributed by atoms with E-state index < -0.39 is 5.60 Å². The van der Waals surface area contributed by atoms with Crippen LogP contribution in [0.25, 0.3) is 0 Å². The molecule has 2 aliphatic rings. The van der Waals surface area contributed by atoms with Crippen LogP contribution in [-0.4, -0.2) is 35.7 Å². The first-order valence-electron chi connectivity index (χ1n) is 8.27. The van der Waals surface area contributed by atoms with Gasteiger partial charge in [-0.15, -0.1) is 0 Å². The zero-order valence-electron chi connectivity index (χ0n) is 13.2. The van der Waals surface area contributed by atoms with Crippen LogP contribution in [0.3, 0.4) is 0 Å². The van der Waals surface area contributed by atoms with Crippen molar-refractivity contribution in [3.8, 4) is 5.75 Å². The average molecular weight is 289 g/mol. The van der Waals surface area contributed by atoms with Crippen LogP contribution in [-0.2, 0) is 5.60 Å². The topological polar surface area (TPSA) is 32.7 Å². The maximum atomic E-state index is 11.0. The van der Waals surface area contributed by atoms with Gasteiger partial charge in [0.05, 0.1) is 11.7 Å². The summed E-state index contributed by atoms with van der Waals surface area (Å²) < 4.78 is 5.85. The molecule has 0 radical (unpaired) electrons. The van der Waals surface area contributed by atoms with E-state index in [9.17, 15) is 5.11 Å². The van der Waals surface area contributed by atoms with E-state index in [-0.39, 0.29) is 0 Å². The van der Waals surface area contributed by atoms with Gasteiger partial charge in [0.2, 0.25) is 0 Å². The molecule has 2 fully saturated rings. The molecule has 1 aromatic carbocycles. The minimum Gasteiger partial charge on any atom is -0.490 e. The molecule has 0 amide bonds. The Balaban J connectivity index is 1.65. The molecule has 0 bridgehead atoms. The van der Waals surface area contributed by atoms with Crippen molar-refractivity contribution in [2.24, 2.45) is 5.92 Å². The fraction of sp³-hybridized carbons (Fsp3) is 0.667. The van der Waals surface area contributed by atoms with Crippen LogP contribution < -0.4 is 4.74 Å². The van der Waals surface area contributed by atoms with Gasteiger partial charge in [-0.3, -0.25) is 0 Å². The number of likely N-dealkylation sites (tertiary alicyclic amines) is 1. The molecule has 3 rings (SSSR count). The van der Waals surface area contributed by atoms with Gasteiger partial charge >= 0.3 is 0 Å². The molecule has 1 saturated carbocycles. The second-order valence-electron chi connectivity index (χ2n) is 7.07. The van der Waals surface area contributed by atoms with Crippen LogP contribution in [0.15, 0.2) is 24.3 Å². The highest BCUT2D eigenvalue weighted by molar-refractivity contribution is 5.33. The molecular weight excluding hydrogens is 262 g/mol. The van der Waals surface area contributed by atoms with Crippen LogP contribution in [0.4, 0.5) is 0 Å². The van der Waals surface area contributed by atoms with E-state index in [1.54, 1.807) is 0 Å². The summed E-state index contributed by atoms with van der Waals surface area (Å²) in [6.07, 6.45) is 4.36. The lowest BCUT2D eigenvalue weighted by Gasteiger charge is -2.39. The van der Waals surface area contributed by atoms with Gasteiger partial charge in [0.15, 0.2) is 0 Å². The molecule has 1 saturated heterocycles. The first-order valence-corrected chi connectivity index (χ1v) is 8.27. The zero-order chi connectivity index (χ0) is 14.9. The Morgan fingerprint density at radius 1 is 1.29 bits per heavy atom. The molecule has 1 aliphatic carbocycles. The highest BCUT2D eigenvalue weighted by Crippen LogP contribution is 2.35. The van der Waals surface area contributed by atoms with Gasteiger partial charge in [-0.05, 0) is 49.3 Å². The predicted octanol–water partition coefficient (Wildman–Crippen LogP) is 3.17. The number of nitrogens with zero attached hydrogens (tertiary/aromatic N) is 1. The monoisotopic (exact) mass is 289 g/mol. The fourth-order valence-corrected chi connectivity index (χ4v) is 3.15. The van der Waals surface area contributed by atoms with Crippen LogP contribution in [0.5, 0.6) is 5.75 Å². The van der Waals surface area contributed by atoms with E-state index in [1.165, 1.54) is 12.8 Å². The predicted molar refractivity (Wildman–Crippen MR) is 84.5 cm³/mol. The molecule has 3 nitrogen and oxygen atoms in total. The normalized spacial score (nSPS) is 22.5. The van der Waals surface area contributed by atoms with Crippen molar-refractivity contribution in [2.45, 2.75) is 51.2 Å². The van der Waals surface area contributed by atoms with Crippen molar-refractivity contribution >= 4 is 0 Å². The molecule has 1 heterocycles. The lowest BCUT2D eigenvalue weighted by Crippen LogP contribution is -2.43. The molecule has 0 aromatic heterocycles. The first kappa shape index (κ1) is 14.9. The average Bonchev–Trinajstić information content (AvgIpc) is 3.25. The fourth-order valence-electron chi connectivity index (χ4n) is 3.15. The van der Waals surface area contributed by atoms with Crippen molar-refractivity contribution in [3.05, 3.63) is 29.8 Å². The Morgan fingerprint density at radius 3 is 2.62 bits per heavy atom. The Kier molecular flexibility index (Phi) is 4.23.